The van der Waals surface area contributed by atoms with Crippen LogP contribution in [0.3, 0.4) is 0 Å². The number of aromatic carboxylic acids is 1. The van der Waals surface area contributed by atoms with Gasteiger partial charge in [0.15, 0.2) is 0 Å². The number of carboxylic acids is 1. The van der Waals surface area contributed by atoms with E-state index in [9.17, 15) is 23.2 Å². The van der Waals surface area contributed by atoms with Crippen molar-refractivity contribution in [1.29, 1.82) is 5.26 Å². The van der Waals surface area contributed by atoms with Crippen LogP contribution in [0.4, 0.5) is 13.2 Å². The van der Waals surface area contributed by atoms with Crippen molar-refractivity contribution < 1.29 is 27.5 Å². The third kappa shape index (κ3) is 4.13. The first-order chi connectivity index (χ1) is 13.3. The maximum absolute atomic E-state index is 12.9. The molecule has 0 bridgehead atoms. The van der Waals surface area contributed by atoms with Crippen LogP contribution < -0.4 is 0 Å². The Hall–Kier alpha value is -3.79. The van der Waals surface area contributed by atoms with Gasteiger partial charge in [-0.15, -0.1) is 0 Å². The predicted octanol–water partition coefficient (Wildman–Crippen LogP) is 5.73. The molecule has 0 unspecified atom stereocenters. The molecule has 3 rings (SSSR count). The Labute approximate surface area is 157 Å². The third-order valence-corrected chi connectivity index (χ3v) is 3.95. The first-order valence-corrected chi connectivity index (χ1v) is 8.01. The molecule has 0 radical (unpaired) electrons. The van der Waals surface area contributed by atoms with Gasteiger partial charge in [0.2, 0.25) is 0 Å². The van der Waals surface area contributed by atoms with Crippen LogP contribution in [0.25, 0.3) is 23.0 Å². The van der Waals surface area contributed by atoms with Crippen LogP contribution in [-0.4, -0.2) is 11.1 Å². The van der Waals surface area contributed by atoms with Crippen molar-refractivity contribution in [1.82, 2.24) is 0 Å². The molecule has 140 valence electrons. The van der Waals surface area contributed by atoms with E-state index in [4.69, 9.17) is 9.52 Å². The maximum Gasteiger partial charge on any atom is 0.416 e. The quantitative estimate of drug-likeness (QED) is 0.584. The Bertz CT molecular complexity index is 1090. The highest BCUT2D eigenvalue weighted by Gasteiger charge is 2.30. The molecule has 0 aliphatic heterocycles. The molecule has 2 aromatic carbocycles. The minimum atomic E-state index is -4.46. The van der Waals surface area contributed by atoms with Gasteiger partial charge in [-0.2, -0.15) is 18.4 Å². The van der Waals surface area contributed by atoms with Gasteiger partial charge in [-0.1, -0.05) is 24.3 Å². The normalized spacial score (nSPS) is 11.9. The van der Waals surface area contributed by atoms with Crippen molar-refractivity contribution in [3.05, 3.63) is 83.1 Å². The van der Waals surface area contributed by atoms with E-state index in [0.717, 1.165) is 12.1 Å². The standard InChI is InChI=1S/C21H12F3NO3/c22-21(23,24)17-3-1-2-15(10-17)19-9-8-18(28-19)11-16(12-25)13-4-6-14(7-5-13)20(26)27/h1-11H,(H,26,27). The number of hydrogen-bond acceptors (Lipinski definition) is 3. The summed E-state index contributed by atoms with van der Waals surface area (Å²) in [6.07, 6.45) is -3.02. The van der Waals surface area contributed by atoms with Gasteiger partial charge >= 0.3 is 12.1 Å². The predicted molar refractivity (Wildman–Crippen MR) is 96.0 cm³/mol. The Morgan fingerprint density at radius 1 is 1.04 bits per heavy atom. The number of benzene rings is 2. The molecule has 1 N–H and O–H groups in total. The van der Waals surface area contributed by atoms with Crippen molar-refractivity contribution in [3.8, 4) is 17.4 Å². The van der Waals surface area contributed by atoms with Gasteiger partial charge in [0.05, 0.1) is 22.8 Å². The van der Waals surface area contributed by atoms with Crippen molar-refractivity contribution in [2.75, 3.05) is 0 Å². The van der Waals surface area contributed by atoms with Crippen LogP contribution in [-0.2, 0) is 6.18 Å². The molecule has 0 saturated heterocycles. The fraction of sp³-hybridized carbons (Fsp3) is 0.0476. The second-order valence-electron chi connectivity index (χ2n) is 5.83. The minimum absolute atomic E-state index is 0.0888. The highest BCUT2D eigenvalue weighted by molar-refractivity contribution is 5.91. The largest absolute Gasteiger partial charge is 0.478 e. The zero-order valence-electron chi connectivity index (χ0n) is 14.2. The Balaban J connectivity index is 1.91. The van der Waals surface area contributed by atoms with Crippen molar-refractivity contribution in [2.45, 2.75) is 6.18 Å². The molecule has 28 heavy (non-hydrogen) atoms. The molecule has 0 spiro atoms. The summed E-state index contributed by atoms with van der Waals surface area (Å²) in [7, 11) is 0. The first kappa shape index (κ1) is 19.0. The molecule has 1 heterocycles. The SMILES string of the molecule is N#CC(=Cc1ccc(-c2cccc(C(F)(F)F)c2)o1)c1ccc(C(=O)O)cc1. The molecule has 0 aliphatic carbocycles. The number of halogens is 3. The number of furan rings is 1. The summed E-state index contributed by atoms with van der Waals surface area (Å²) < 4.78 is 44.1. The van der Waals surface area contributed by atoms with Crippen molar-refractivity contribution in [3.63, 3.8) is 0 Å². The lowest BCUT2D eigenvalue weighted by Crippen LogP contribution is -2.04. The summed E-state index contributed by atoms with van der Waals surface area (Å²) in [5.74, 6) is -0.562. The van der Waals surface area contributed by atoms with Gasteiger partial charge in [0, 0.05) is 5.56 Å². The van der Waals surface area contributed by atoms with Crippen molar-refractivity contribution >= 4 is 17.6 Å². The minimum Gasteiger partial charge on any atom is -0.478 e. The average Bonchev–Trinajstić information content (AvgIpc) is 3.14. The molecule has 0 fully saturated rings. The van der Waals surface area contributed by atoms with Crippen LogP contribution in [0.2, 0.25) is 0 Å². The van der Waals surface area contributed by atoms with Crippen LogP contribution in [0.1, 0.15) is 27.2 Å². The lowest BCUT2D eigenvalue weighted by molar-refractivity contribution is -0.137. The second-order valence-corrected chi connectivity index (χ2v) is 5.83. The summed E-state index contributed by atoms with van der Waals surface area (Å²) in [6, 6.07) is 15.5. The second kappa shape index (κ2) is 7.45. The molecule has 0 aliphatic rings. The fourth-order valence-corrected chi connectivity index (χ4v) is 2.55. The molecule has 7 heteroatoms. The summed E-state index contributed by atoms with van der Waals surface area (Å²) in [4.78, 5) is 10.9. The number of carbonyl (C=O) groups is 1. The number of carboxylic acid groups (broad SMARTS) is 1. The molecule has 0 amide bonds. The molecule has 3 aromatic rings. The summed E-state index contributed by atoms with van der Waals surface area (Å²) in [6.45, 7) is 0. The Kier molecular flexibility index (Phi) is 5.05. The van der Waals surface area contributed by atoms with Crippen molar-refractivity contribution in [2.24, 2.45) is 0 Å². The highest BCUT2D eigenvalue weighted by Crippen LogP contribution is 2.33. The zero-order chi connectivity index (χ0) is 20.3. The van der Waals surface area contributed by atoms with E-state index < -0.39 is 17.7 Å². The molecule has 0 atom stereocenters. The molecule has 1 aromatic heterocycles. The summed E-state index contributed by atoms with van der Waals surface area (Å²) >= 11 is 0. The van der Waals surface area contributed by atoms with Gasteiger partial charge in [-0.3, -0.25) is 0 Å². The highest BCUT2D eigenvalue weighted by atomic mass is 19.4. The van der Waals surface area contributed by atoms with E-state index in [1.807, 2.05) is 6.07 Å². The number of alkyl halides is 3. The van der Waals surface area contributed by atoms with Crippen LogP contribution in [0, 0.1) is 11.3 Å². The Morgan fingerprint density at radius 2 is 1.71 bits per heavy atom. The molecule has 0 saturated carbocycles. The number of hydrogen-bond donors (Lipinski definition) is 1. The van der Waals surface area contributed by atoms with E-state index >= 15 is 0 Å². The Morgan fingerprint density at radius 3 is 2.32 bits per heavy atom. The summed E-state index contributed by atoms with van der Waals surface area (Å²) in [5, 5.41) is 18.3. The van der Waals surface area contributed by atoms with Crippen LogP contribution >= 0.6 is 0 Å². The number of nitriles is 1. The summed E-state index contributed by atoms with van der Waals surface area (Å²) in [5.41, 5.74) is 0.283. The topological polar surface area (TPSA) is 74.2 Å². The smallest absolute Gasteiger partial charge is 0.416 e. The van der Waals surface area contributed by atoms with E-state index in [0.29, 0.717) is 5.56 Å². The van der Waals surface area contributed by atoms with Gasteiger partial charge in [-0.25, -0.2) is 4.79 Å². The van der Waals surface area contributed by atoms with E-state index in [1.165, 1.54) is 48.5 Å². The maximum atomic E-state index is 12.9. The number of nitrogens with zero attached hydrogens (tertiary/aromatic N) is 1. The van der Waals surface area contributed by atoms with Gasteiger partial charge in [-0.05, 0) is 48.0 Å². The molecular formula is C21H12F3NO3. The van der Waals surface area contributed by atoms with Gasteiger partial charge in [0.1, 0.15) is 11.5 Å². The number of allylic oxidation sites excluding steroid dienone is 1. The van der Waals surface area contributed by atoms with E-state index in [1.54, 1.807) is 6.07 Å². The number of rotatable bonds is 4. The van der Waals surface area contributed by atoms with E-state index in [2.05, 4.69) is 0 Å². The zero-order valence-corrected chi connectivity index (χ0v) is 14.2. The fourth-order valence-electron chi connectivity index (χ4n) is 2.55. The van der Waals surface area contributed by atoms with Gasteiger partial charge < -0.3 is 9.52 Å². The van der Waals surface area contributed by atoms with E-state index in [-0.39, 0.29) is 28.2 Å². The lowest BCUT2D eigenvalue weighted by Gasteiger charge is -2.07. The molecule has 4 nitrogen and oxygen atoms in total. The average molecular weight is 383 g/mol. The van der Waals surface area contributed by atoms with Gasteiger partial charge in [0.25, 0.3) is 0 Å². The monoisotopic (exact) mass is 383 g/mol. The first-order valence-electron chi connectivity index (χ1n) is 8.01. The third-order valence-electron chi connectivity index (χ3n) is 3.95. The molecular weight excluding hydrogens is 371 g/mol. The lowest BCUT2D eigenvalue weighted by atomic mass is 10.0. The van der Waals surface area contributed by atoms with Crippen LogP contribution in [0.5, 0.6) is 0 Å². The van der Waals surface area contributed by atoms with Crippen LogP contribution in [0.15, 0.2) is 65.1 Å².